The molecule has 0 amide bonds. The molecule has 0 saturated carbocycles. The molecule has 0 aliphatic heterocycles. The van der Waals surface area contributed by atoms with Crippen molar-refractivity contribution in [1.82, 2.24) is 9.78 Å². The molecule has 1 aromatic carbocycles. The van der Waals surface area contributed by atoms with Gasteiger partial charge in [-0.1, -0.05) is 49.4 Å². The number of nitrogens with one attached hydrogen (secondary N) is 2. The van der Waals surface area contributed by atoms with Crippen LogP contribution in [0.1, 0.15) is 30.9 Å². The molecule has 4 nitrogen and oxygen atoms in total. The van der Waals surface area contributed by atoms with E-state index in [1.54, 1.807) is 0 Å². The van der Waals surface area contributed by atoms with Gasteiger partial charge in [0, 0.05) is 12.6 Å². The smallest absolute Gasteiger partial charge is 0.204 e. The van der Waals surface area contributed by atoms with Gasteiger partial charge >= 0.3 is 0 Å². The number of quaternary nitrogens is 1. The van der Waals surface area contributed by atoms with Crippen molar-refractivity contribution >= 4 is 28.7 Å². The van der Waals surface area contributed by atoms with Gasteiger partial charge in [-0.3, -0.25) is 0 Å². The minimum atomic E-state index is 0.581. The van der Waals surface area contributed by atoms with Crippen molar-refractivity contribution < 1.29 is 4.90 Å². The van der Waals surface area contributed by atoms with Crippen LogP contribution in [0, 0.1) is 3.95 Å². The number of nitrogens with zero attached hydrogens (tertiary/aromatic N) is 2. The molecule has 1 unspecified atom stereocenters. The number of hydrogen-bond donors (Lipinski definition) is 2. The molecule has 0 aliphatic carbocycles. The topological polar surface area (TPSA) is 34.3 Å². The first kappa shape index (κ1) is 16.1. The fourth-order valence-corrected chi connectivity index (χ4v) is 3.15. The second-order valence-electron chi connectivity index (χ2n) is 5.61. The summed E-state index contributed by atoms with van der Waals surface area (Å²) >= 11 is 6.84. The Morgan fingerprint density at radius 2 is 2.00 bits per heavy atom. The SMILES string of the molecule is CNc1nn(C[NH+](C)Cc2ccc(C(C)C)cc2)c(=S)s1. The zero-order chi connectivity index (χ0) is 15.4. The molecular weight excluding hydrogens is 300 g/mol. The first-order valence-corrected chi connectivity index (χ1v) is 8.38. The molecule has 6 heteroatoms. The van der Waals surface area contributed by atoms with E-state index in [0.717, 1.165) is 22.3 Å². The molecule has 2 aromatic rings. The minimum absolute atomic E-state index is 0.581. The maximum absolute atomic E-state index is 5.33. The van der Waals surface area contributed by atoms with E-state index in [0.29, 0.717) is 5.92 Å². The summed E-state index contributed by atoms with van der Waals surface area (Å²) in [6.07, 6.45) is 0. The summed E-state index contributed by atoms with van der Waals surface area (Å²) in [7, 11) is 4.03. The molecule has 0 bridgehead atoms. The molecule has 0 radical (unpaired) electrons. The summed E-state index contributed by atoms with van der Waals surface area (Å²) in [4.78, 5) is 1.36. The number of aromatic nitrogens is 2. The fraction of sp³-hybridized carbons (Fsp3) is 0.467. The van der Waals surface area contributed by atoms with Gasteiger partial charge in [0.05, 0.1) is 7.05 Å². The van der Waals surface area contributed by atoms with Gasteiger partial charge in [0.2, 0.25) is 5.13 Å². The third kappa shape index (κ3) is 4.36. The van der Waals surface area contributed by atoms with Gasteiger partial charge < -0.3 is 10.2 Å². The van der Waals surface area contributed by atoms with E-state index in [1.807, 2.05) is 11.7 Å². The summed E-state index contributed by atoms with van der Waals surface area (Å²) < 4.78 is 2.71. The number of anilines is 1. The van der Waals surface area contributed by atoms with Crippen molar-refractivity contribution in [3.05, 3.63) is 39.3 Å². The summed E-state index contributed by atoms with van der Waals surface area (Å²) in [6.45, 7) is 6.18. The average molecular weight is 324 g/mol. The lowest BCUT2D eigenvalue weighted by atomic mass is 10.0. The van der Waals surface area contributed by atoms with Crippen LogP contribution in [0.2, 0.25) is 0 Å². The van der Waals surface area contributed by atoms with Crippen molar-refractivity contribution in [2.75, 3.05) is 19.4 Å². The van der Waals surface area contributed by atoms with E-state index in [2.05, 4.69) is 55.6 Å². The van der Waals surface area contributed by atoms with Crippen LogP contribution in [0.5, 0.6) is 0 Å². The van der Waals surface area contributed by atoms with Gasteiger partial charge in [-0.15, -0.1) is 5.10 Å². The van der Waals surface area contributed by atoms with Crippen LogP contribution in [0.4, 0.5) is 5.13 Å². The molecule has 114 valence electrons. The Hall–Kier alpha value is -1.24. The Balaban J connectivity index is 1.99. The Morgan fingerprint density at radius 3 is 2.52 bits per heavy atom. The number of rotatable bonds is 6. The standard InChI is InChI=1S/C15H22N4S2/c1-11(2)13-7-5-12(6-8-13)9-18(4)10-19-15(20)21-14(16-3)17-19/h5-8,11H,9-10H2,1-4H3,(H,16,17)/p+1. The average Bonchev–Trinajstić information content (AvgIpc) is 2.80. The monoisotopic (exact) mass is 323 g/mol. The Kier molecular flexibility index (Phi) is 5.50. The van der Waals surface area contributed by atoms with Crippen LogP contribution in [-0.4, -0.2) is 23.9 Å². The van der Waals surface area contributed by atoms with Crippen LogP contribution < -0.4 is 10.2 Å². The van der Waals surface area contributed by atoms with Crippen molar-refractivity contribution in [2.45, 2.75) is 33.0 Å². The number of benzene rings is 1. The molecule has 21 heavy (non-hydrogen) atoms. The van der Waals surface area contributed by atoms with E-state index in [1.165, 1.54) is 27.4 Å². The third-order valence-electron chi connectivity index (χ3n) is 3.39. The summed E-state index contributed by atoms with van der Waals surface area (Å²) in [5.74, 6) is 0.581. The second kappa shape index (κ2) is 7.15. The molecule has 1 aromatic heterocycles. The molecule has 1 heterocycles. The van der Waals surface area contributed by atoms with E-state index in [-0.39, 0.29) is 0 Å². The van der Waals surface area contributed by atoms with Crippen LogP contribution in [0.3, 0.4) is 0 Å². The highest BCUT2D eigenvalue weighted by atomic mass is 32.1. The minimum Gasteiger partial charge on any atom is -0.363 e. The Morgan fingerprint density at radius 1 is 1.33 bits per heavy atom. The van der Waals surface area contributed by atoms with Gasteiger partial charge in [-0.25, -0.2) is 0 Å². The van der Waals surface area contributed by atoms with Gasteiger partial charge in [0.1, 0.15) is 6.54 Å². The predicted octanol–water partition coefficient (Wildman–Crippen LogP) is 2.51. The molecule has 2 N–H and O–H groups in total. The zero-order valence-corrected chi connectivity index (χ0v) is 14.6. The Labute approximate surface area is 135 Å². The molecule has 0 aliphatic rings. The molecule has 0 saturated heterocycles. The van der Waals surface area contributed by atoms with Crippen molar-refractivity contribution in [2.24, 2.45) is 0 Å². The van der Waals surface area contributed by atoms with Gasteiger partial charge in [0.15, 0.2) is 10.6 Å². The normalized spacial score (nSPS) is 12.6. The van der Waals surface area contributed by atoms with Crippen LogP contribution >= 0.6 is 23.6 Å². The van der Waals surface area contributed by atoms with E-state index < -0.39 is 0 Å². The van der Waals surface area contributed by atoms with Crippen molar-refractivity contribution in [3.63, 3.8) is 0 Å². The lowest BCUT2D eigenvalue weighted by molar-refractivity contribution is -0.917. The third-order valence-corrected chi connectivity index (χ3v) is 4.72. The van der Waals surface area contributed by atoms with Crippen LogP contribution in [-0.2, 0) is 13.2 Å². The van der Waals surface area contributed by atoms with E-state index in [9.17, 15) is 0 Å². The van der Waals surface area contributed by atoms with Gasteiger partial charge in [0.25, 0.3) is 0 Å². The maximum atomic E-state index is 5.33. The number of hydrogen-bond acceptors (Lipinski definition) is 4. The molecule has 2 rings (SSSR count). The van der Waals surface area contributed by atoms with Crippen molar-refractivity contribution in [1.29, 1.82) is 0 Å². The maximum Gasteiger partial charge on any atom is 0.204 e. The largest absolute Gasteiger partial charge is 0.363 e. The summed E-state index contributed by atoms with van der Waals surface area (Å²) in [5, 5.41) is 8.35. The molecule has 0 fully saturated rings. The summed E-state index contributed by atoms with van der Waals surface area (Å²) in [5.41, 5.74) is 2.73. The molecule has 0 spiro atoms. The van der Waals surface area contributed by atoms with Gasteiger partial charge in [-0.05, 0) is 23.7 Å². The van der Waals surface area contributed by atoms with Crippen LogP contribution in [0.25, 0.3) is 0 Å². The lowest BCUT2D eigenvalue weighted by Crippen LogP contribution is -3.07. The molecular formula is C15H23N4S2+. The first-order valence-electron chi connectivity index (χ1n) is 7.15. The van der Waals surface area contributed by atoms with E-state index >= 15 is 0 Å². The molecule has 1 atom stereocenters. The zero-order valence-electron chi connectivity index (χ0n) is 13.0. The highest BCUT2D eigenvalue weighted by Crippen LogP contribution is 2.14. The second-order valence-corrected chi connectivity index (χ2v) is 7.23. The van der Waals surface area contributed by atoms with Crippen molar-refractivity contribution in [3.8, 4) is 0 Å². The van der Waals surface area contributed by atoms with Gasteiger partial charge in [-0.2, -0.15) is 4.68 Å². The highest BCUT2D eigenvalue weighted by molar-refractivity contribution is 7.73. The Bertz CT molecular complexity index is 628. The lowest BCUT2D eigenvalue weighted by Gasteiger charge is -2.14. The fourth-order valence-electron chi connectivity index (χ4n) is 2.19. The summed E-state index contributed by atoms with van der Waals surface area (Å²) in [6, 6.07) is 8.89. The quantitative estimate of drug-likeness (QED) is 0.802. The van der Waals surface area contributed by atoms with E-state index in [4.69, 9.17) is 12.2 Å². The highest BCUT2D eigenvalue weighted by Gasteiger charge is 2.09. The predicted molar refractivity (Wildman–Crippen MR) is 91.6 cm³/mol. The first-order chi connectivity index (χ1) is 9.99. The van der Waals surface area contributed by atoms with Crippen LogP contribution in [0.15, 0.2) is 24.3 Å².